The standard InChI is InChI=1S/C13H16BrNO3S/c1-9(10-2-4-12(14)5-3-10)15-13(16)11-6-7-19(17,18)8-11/h2-5,9,11H,6-8H2,1H3,(H,15,16). The summed E-state index contributed by atoms with van der Waals surface area (Å²) in [5.41, 5.74) is 0.998. The number of nitrogens with one attached hydrogen (secondary N) is 1. The summed E-state index contributed by atoms with van der Waals surface area (Å²) in [7, 11) is -3.01. The van der Waals surface area contributed by atoms with Crippen molar-refractivity contribution < 1.29 is 13.2 Å². The van der Waals surface area contributed by atoms with Crippen molar-refractivity contribution in [3.8, 4) is 0 Å². The topological polar surface area (TPSA) is 63.2 Å². The van der Waals surface area contributed by atoms with Gasteiger partial charge < -0.3 is 5.32 Å². The van der Waals surface area contributed by atoms with E-state index in [1.807, 2.05) is 31.2 Å². The molecule has 1 N–H and O–H groups in total. The van der Waals surface area contributed by atoms with Crippen LogP contribution in [0.25, 0.3) is 0 Å². The van der Waals surface area contributed by atoms with Gasteiger partial charge >= 0.3 is 0 Å². The second-order valence-corrected chi connectivity index (χ2v) is 8.03. The van der Waals surface area contributed by atoms with Gasteiger partial charge in [-0.1, -0.05) is 28.1 Å². The molecule has 0 aromatic heterocycles. The molecule has 0 radical (unpaired) electrons. The average Bonchev–Trinajstić information content (AvgIpc) is 2.70. The lowest BCUT2D eigenvalue weighted by Crippen LogP contribution is -2.33. The molecule has 0 spiro atoms. The highest BCUT2D eigenvalue weighted by Gasteiger charge is 2.33. The molecule has 0 aliphatic carbocycles. The molecule has 1 saturated heterocycles. The molecular formula is C13H16BrNO3S. The number of carbonyl (C=O) groups is 1. The van der Waals surface area contributed by atoms with Crippen LogP contribution in [0.2, 0.25) is 0 Å². The molecule has 1 heterocycles. The van der Waals surface area contributed by atoms with E-state index < -0.39 is 15.8 Å². The quantitative estimate of drug-likeness (QED) is 0.911. The summed E-state index contributed by atoms with van der Waals surface area (Å²) >= 11 is 3.36. The van der Waals surface area contributed by atoms with Gasteiger partial charge in [0.25, 0.3) is 0 Å². The minimum atomic E-state index is -3.01. The summed E-state index contributed by atoms with van der Waals surface area (Å²) in [6, 6.07) is 7.57. The number of benzene rings is 1. The Kier molecular flexibility index (Phi) is 4.30. The summed E-state index contributed by atoms with van der Waals surface area (Å²) in [4.78, 5) is 12.0. The molecule has 6 heteroatoms. The van der Waals surface area contributed by atoms with E-state index in [-0.39, 0.29) is 23.5 Å². The first-order chi connectivity index (χ1) is 8.87. The van der Waals surface area contributed by atoms with Gasteiger partial charge in [-0.15, -0.1) is 0 Å². The maximum Gasteiger partial charge on any atom is 0.224 e. The number of hydrogen-bond acceptors (Lipinski definition) is 3. The molecule has 0 bridgehead atoms. The predicted octanol–water partition coefficient (Wildman–Crippen LogP) is 2.06. The third-order valence-electron chi connectivity index (χ3n) is 3.33. The lowest BCUT2D eigenvalue weighted by Gasteiger charge is -2.17. The first kappa shape index (κ1) is 14.5. The van der Waals surface area contributed by atoms with Gasteiger partial charge in [0.05, 0.1) is 23.5 Å². The van der Waals surface area contributed by atoms with Gasteiger partial charge in [0.15, 0.2) is 9.84 Å². The minimum absolute atomic E-state index is 0.0219. The summed E-state index contributed by atoms with van der Waals surface area (Å²) in [6.45, 7) is 1.89. The van der Waals surface area contributed by atoms with Gasteiger partial charge in [0.1, 0.15) is 0 Å². The van der Waals surface area contributed by atoms with Crippen molar-refractivity contribution >= 4 is 31.7 Å². The third-order valence-corrected chi connectivity index (χ3v) is 5.63. The summed E-state index contributed by atoms with van der Waals surface area (Å²) < 4.78 is 23.7. The lowest BCUT2D eigenvalue weighted by atomic mass is 10.1. The van der Waals surface area contributed by atoms with Crippen molar-refractivity contribution in [2.24, 2.45) is 5.92 Å². The van der Waals surface area contributed by atoms with E-state index in [4.69, 9.17) is 0 Å². The predicted molar refractivity (Wildman–Crippen MR) is 77.5 cm³/mol. The average molecular weight is 346 g/mol. The normalized spacial score (nSPS) is 22.9. The molecule has 1 aliphatic rings. The molecule has 19 heavy (non-hydrogen) atoms. The van der Waals surface area contributed by atoms with Crippen LogP contribution >= 0.6 is 15.9 Å². The fourth-order valence-corrected chi connectivity index (χ4v) is 4.17. The summed E-state index contributed by atoms with van der Waals surface area (Å²) in [5, 5.41) is 2.88. The summed E-state index contributed by atoms with van der Waals surface area (Å²) in [6.07, 6.45) is 0.432. The number of rotatable bonds is 3. The third kappa shape index (κ3) is 3.79. The molecule has 2 atom stereocenters. The first-order valence-corrected chi connectivity index (χ1v) is 8.75. The Morgan fingerprint density at radius 1 is 1.37 bits per heavy atom. The molecule has 1 fully saturated rings. The lowest BCUT2D eigenvalue weighted by molar-refractivity contribution is -0.124. The second-order valence-electron chi connectivity index (χ2n) is 4.88. The number of hydrogen-bond donors (Lipinski definition) is 1. The maximum atomic E-state index is 12.0. The van der Waals surface area contributed by atoms with Crippen LogP contribution in [0.5, 0.6) is 0 Å². The molecule has 0 saturated carbocycles. The highest BCUT2D eigenvalue weighted by Crippen LogP contribution is 2.21. The van der Waals surface area contributed by atoms with Crippen LogP contribution in [-0.2, 0) is 14.6 Å². The molecule has 1 aliphatic heterocycles. The van der Waals surface area contributed by atoms with Gasteiger partial charge in [0.2, 0.25) is 5.91 Å². The van der Waals surface area contributed by atoms with Gasteiger partial charge in [0, 0.05) is 4.47 Å². The van der Waals surface area contributed by atoms with Gasteiger partial charge in [-0.05, 0) is 31.0 Å². The molecule has 1 aromatic carbocycles. The molecule has 4 nitrogen and oxygen atoms in total. The van der Waals surface area contributed by atoms with Crippen molar-refractivity contribution in [2.45, 2.75) is 19.4 Å². The van der Waals surface area contributed by atoms with E-state index in [0.29, 0.717) is 6.42 Å². The van der Waals surface area contributed by atoms with E-state index in [1.54, 1.807) is 0 Å². The summed E-state index contributed by atoms with van der Waals surface area (Å²) in [5.74, 6) is -0.469. The minimum Gasteiger partial charge on any atom is -0.349 e. The van der Waals surface area contributed by atoms with Crippen LogP contribution in [0, 0.1) is 5.92 Å². The molecule has 2 unspecified atom stereocenters. The fourth-order valence-electron chi connectivity index (χ4n) is 2.17. The van der Waals surface area contributed by atoms with Crippen molar-refractivity contribution in [1.29, 1.82) is 0 Å². The maximum absolute atomic E-state index is 12.0. The molecule has 2 rings (SSSR count). The molecule has 104 valence electrons. The van der Waals surface area contributed by atoms with Crippen molar-refractivity contribution in [3.05, 3.63) is 34.3 Å². The number of amides is 1. The van der Waals surface area contributed by atoms with Crippen molar-refractivity contribution in [3.63, 3.8) is 0 Å². The van der Waals surface area contributed by atoms with Crippen LogP contribution < -0.4 is 5.32 Å². The van der Waals surface area contributed by atoms with Gasteiger partial charge in [-0.3, -0.25) is 4.79 Å². The van der Waals surface area contributed by atoms with Crippen molar-refractivity contribution in [2.75, 3.05) is 11.5 Å². The van der Waals surface area contributed by atoms with Gasteiger partial charge in [-0.2, -0.15) is 0 Å². The molecule has 1 aromatic rings. The highest BCUT2D eigenvalue weighted by molar-refractivity contribution is 9.10. The van der Waals surface area contributed by atoms with E-state index >= 15 is 0 Å². The number of carbonyl (C=O) groups excluding carboxylic acids is 1. The molecular weight excluding hydrogens is 330 g/mol. The van der Waals surface area contributed by atoms with Gasteiger partial charge in [-0.25, -0.2) is 8.42 Å². The zero-order valence-corrected chi connectivity index (χ0v) is 13.0. The Morgan fingerprint density at radius 2 is 2.00 bits per heavy atom. The Hall–Kier alpha value is -0.880. The van der Waals surface area contributed by atoms with E-state index in [1.165, 1.54) is 0 Å². The van der Waals surface area contributed by atoms with Crippen LogP contribution in [-0.4, -0.2) is 25.8 Å². The largest absolute Gasteiger partial charge is 0.349 e. The number of halogens is 1. The van der Waals surface area contributed by atoms with Crippen LogP contribution in [0.3, 0.4) is 0 Å². The SMILES string of the molecule is CC(NC(=O)C1CCS(=O)(=O)C1)c1ccc(Br)cc1. The fraction of sp³-hybridized carbons (Fsp3) is 0.462. The Labute approximate surface area is 121 Å². The van der Waals surface area contributed by atoms with E-state index in [9.17, 15) is 13.2 Å². The number of sulfone groups is 1. The molecule has 1 amide bonds. The van der Waals surface area contributed by atoms with E-state index in [2.05, 4.69) is 21.2 Å². The monoisotopic (exact) mass is 345 g/mol. The zero-order valence-electron chi connectivity index (χ0n) is 10.6. The van der Waals surface area contributed by atoms with Crippen LogP contribution in [0.15, 0.2) is 28.7 Å². The van der Waals surface area contributed by atoms with Crippen LogP contribution in [0.1, 0.15) is 24.9 Å². The zero-order chi connectivity index (χ0) is 14.0. The highest BCUT2D eigenvalue weighted by atomic mass is 79.9. The van der Waals surface area contributed by atoms with Crippen LogP contribution in [0.4, 0.5) is 0 Å². The van der Waals surface area contributed by atoms with E-state index in [0.717, 1.165) is 10.0 Å². The second kappa shape index (κ2) is 5.63. The Bertz CT molecular complexity index is 568. The van der Waals surface area contributed by atoms with Crippen molar-refractivity contribution in [1.82, 2.24) is 5.32 Å². The smallest absolute Gasteiger partial charge is 0.224 e. The Balaban J connectivity index is 1.97. The first-order valence-electron chi connectivity index (χ1n) is 6.14. The Morgan fingerprint density at radius 3 is 2.53 bits per heavy atom.